The third-order valence-corrected chi connectivity index (χ3v) is 3.54. The first-order chi connectivity index (χ1) is 9.11. The zero-order chi connectivity index (χ0) is 13.4. The van der Waals surface area contributed by atoms with Gasteiger partial charge in [-0.1, -0.05) is 0 Å². The predicted molar refractivity (Wildman–Crippen MR) is 68.8 cm³/mol. The Morgan fingerprint density at radius 1 is 1.16 bits per heavy atom. The Labute approximate surface area is 110 Å². The number of aromatic nitrogens is 2. The van der Waals surface area contributed by atoms with Gasteiger partial charge in [-0.3, -0.25) is 4.90 Å². The first-order valence-electron chi connectivity index (χ1n) is 6.36. The Kier molecular flexibility index (Phi) is 3.20. The Bertz CT molecular complexity index is 549. The molecule has 1 saturated heterocycles. The largest absolute Gasteiger partial charge is 0.341 e. The van der Waals surface area contributed by atoms with E-state index >= 15 is 0 Å². The number of aromatic amines is 1. The minimum atomic E-state index is -0.856. The van der Waals surface area contributed by atoms with Gasteiger partial charge >= 0.3 is 0 Å². The normalized spacial score (nSPS) is 18.3. The van der Waals surface area contributed by atoms with E-state index in [1.165, 1.54) is 0 Å². The van der Waals surface area contributed by atoms with Gasteiger partial charge in [-0.25, -0.2) is 13.8 Å². The van der Waals surface area contributed by atoms with Crippen LogP contribution in [0.25, 0.3) is 11.0 Å². The number of benzene rings is 1. The van der Waals surface area contributed by atoms with Crippen LogP contribution < -0.4 is 0 Å². The summed E-state index contributed by atoms with van der Waals surface area (Å²) in [5.41, 5.74) is 1.02. The van der Waals surface area contributed by atoms with Crippen molar-refractivity contribution in [3.63, 3.8) is 0 Å². The number of hydrogen-bond donors (Lipinski definition) is 1. The van der Waals surface area contributed by atoms with Crippen molar-refractivity contribution in [1.82, 2.24) is 19.8 Å². The van der Waals surface area contributed by atoms with Gasteiger partial charge in [0.05, 0.1) is 17.6 Å². The summed E-state index contributed by atoms with van der Waals surface area (Å²) in [4.78, 5) is 11.9. The number of likely N-dealkylation sites (N-methyl/N-ethyl adjacent to an activating group) is 1. The zero-order valence-electron chi connectivity index (χ0n) is 10.8. The quantitative estimate of drug-likeness (QED) is 0.896. The lowest BCUT2D eigenvalue weighted by molar-refractivity contribution is 0.146. The van der Waals surface area contributed by atoms with Gasteiger partial charge in [0.15, 0.2) is 11.6 Å². The second kappa shape index (κ2) is 4.86. The third-order valence-electron chi connectivity index (χ3n) is 3.54. The predicted octanol–water partition coefficient (Wildman–Crippen LogP) is 1.59. The maximum Gasteiger partial charge on any atom is 0.161 e. The maximum atomic E-state index is 13.1. The van der Waals surface area contributed by atoms with Crippen LogP contribution in [-0.4, -0.2) is 53.0 Å². The molecule has 0 saturated carbocycles. The van der Waals surface area contributed by atoms with E-state index in [0.717, 1.165) is 44.1 Å². The van der Waals surface area contributed by atoms with E-state index in [1.54, 1.807) is 0 Å². The average Bonchev–Trinajstić information content (AvgIpc) is 2.74. The van der Waals surface area contributed by atoms with Gasteiger partial charge in [0.2, 0.25) is 0 Å². The van der Waals surface area contributed by atoms with Gasteiger partial charge in [-0.15, -0.1) is 0 Å². The van der Waals surface area contributed by atoms with Crippen LogP contribution in [0.15, 0.2) is 12.1 Å². The topological polar surface area (TPSA) is 35.2 Å². The van der Waals surface area contributed by atoms with E-state index in [1.807, 2.05) is 0 Å². The molecule has 3 rings (SSSR count). The molecular weight excluding hydrogens is 250 g/mol. The van der Waals surface area contributed by atoms with Crippen molar-refractivity contribution in [2.45, 2.75) is 6.54 Å². The number of piperazine rings is 1. The van der Waals surface area contributed by atoms with Crippen molar-refractivity contribution in [1.29, 1.82) is 0 Å². The summed E-state index contributed by atoms with van der Waals surface area (Å²) in [5, 5.41) is 0. The molecule has 0 bridgehead atoms. The summed E-state index contributed by atoms with van der Waals surface area (Å²) >= 11 is 0. The van der Waals surface area contributed by atoms with Gasteiger partial charge in [0.1, 0.15) is 5.82 Å². The van der Waals surface area contributed by atoms with Gasteiger partial charge in [-0.05, 0) is 7.05 Å². The number of imidazole rings is 1. The highest BCUT2D eigenvalue weighted by Gasteiger charge is 2.16. The summed E-state index contributed by atoms with van der Waals surface area (Å²) in [5.74, 6) is -0.947. The Morgan fingerprint density at radius 2 is 1.84 bits per heavy atom. The highest BCUT2D eigenvalue weighted by molar-refractivity contribution is 5.75. The number of fused-ring (bicyclic) bond motifs is 1. The maximum absolute atomic E-state index is 13.1. The minimum absolute atomic E-state index is 0.475. The molecule has 0 amide bonds. The highest BCUT2D eigenvalue weighted by Crippen LogP contribution is 2.17. The summed E-state index contributed by atoms with van der Waals surface area (Å²) in [6, 6.07) is 2.29. The molecule has 19 heavy (non-hydrogen) atoms. The van der Waals surface area contributed by atoms with Crippen molar-refractivity contribution in [3.8, 4) is 0 Å². The summed E-state index contributed by atoms with van der Waals surface area (Å²) < 4.78 is 26.2. The molecule has 0 unspecified atom stereocenters. The molecule has 1 fully saturated rings. The lowest BCUT2D eigenvalue weighted by Crippen LogP contribution is -2.44. The Hall–Kier alpha value is -1.53. The van der Waals surface area contributed by atoms with Gasteiger partial charge in [-0.2, -0.15) is 0 Å². The van der Waals surface area contributed by atoms with Crippen molar-refractivity contribution in [2.75, 3.05) is 33.2 Å². The van der Waals surface area contributed by atoms with Crippen LogP contribution >= 0.6 is 0 Å². The summed E-state index contributed by atoms with van der Waals surface area (Å²) in [7, 11) is 2.10. The van der Waals surface area contributed by atoms with Crippen LogP contribution in [0.1, 0.15) is 5.82 Å². The second-order valence-electron chi connectivity index (χ2n) is 5.05. The van der Waals surface area contributed by atoms with Crippen molar-refractivity contribution in [3.05, 3.63) is 29.6 Å². The Morgan fingerprint density at radius 3 is 2.58 bits per heavy atom. The van der Waals surface area contributed by atoms with Crippen LogP contribution in [0.4, 0.5) is 8.78 Å². The highest BCUT2D eigenvalue weighted by atomic mass is 19.2. The van der Waals surface area contributed by atoms with E-state index in [9.17, 15) is 8.78 Å². The minimum Gasteiger partial charge on any atom is -0.341 e. The van der Waals surface area contributed by atoms with Crippen molar-refractivity contribution < 1.29 is 8.78 Å². The number of nitrogens with zero attached hydrogens (tertiary/aromatic N) is 3. The lowest BCUT2D eigenvalue weighted by Gasteiger charge is -2.31. The van der Waals surface area contributed by atoms with Crippen LogP contribution in [0.5, 0.6) is 0 Å². The molecule has 0 aliphatic carbocycles. The van der Waals surface area contributed by atoms with E-state index < -0.39 is 11.6 Å². The van der Waals surface area contributed by atoms with E-state index in [0.29, 0.717) is 17.6 Å². The van der Waals surface area contributed by atoms with Crippen LogP contribution in [0.3, 0.4) is 0 Å². The first-order valence-corrected chi connectivity index (χ1v) is 6.36. The molecule has 1 N–H and O–H groups in total. The number of halogens is 2. The molecule has 6 heteroatoms. The average molecular weight is 266 g/mol. The lowest BCUT2D eigenvalue weighted by atomic mass is 10.3. The number of hydrogen-bond acceptors (Lipinski definition) is 3. The fourth-order valence-electron chi connectivity index (χ4n) is 2.35. The zero-order valence-corrected chi connectivity index (χ0v) is 10.8. The van der Waals surface area contributed by atoms with E-state index in [-0.39, 0.29) is 0 Å². The molecule has 2 aromatic rings. The van der Waals surface area contributed by atoms with Gasteiger partial charge in [0, 0.05) is 38.3 Å². The molecule has 0 spiro atoms. The summed E-state index contributed by atoms with van der Waals surface area (Å²) in [6.45, 7) is 4.71. The number of rotatable bonds is 2. The SMILES string of the molecule is CN1CCN(Cc2nc3cc(F)c(F)cc3[nH]2)CC1. The molecule has 1 aromatic carbocycles. The molecule has 102 valence electrons. The first kappa shape index (κ1) is 12.5. The standard InChI is InChI=1S/C13H16F2N4/c1-18-2-4-19(5-3-18)8-13-16-11-6-9(14)10(15)7-12(11)17-13/h6-7H,2-5,8H2,1H3,(H,16,17). The molecule has 1 aromatic heterocycles. The summed E-state index contributed by atoms with van der Waals surface area (Å²) in [6.07, 6.45) is 0. The Balaban J connectivity index is 1.78. The molecular formula is C13H16F2N4. The second-order valence-corrected chi connectivity index (χ2v) is 5.05. The van der Waals surface area contributed by atoms with Crippen molar-refractivity contribution in [2.24, 2.45) is 0 Å². The molecule has 4 nitrogen and oxygen atoms in total. The van der Waals surface area contributed by atoms with Gasteiger partial charge in [0.25, 0.3) is 0 Å². The fourth-order valence-corrected chi connectivity index (χ4v) is 2.35. The van der Waals surface area contributed by atoms with Crippen LogP contribution in [0, 0.1) is 11.6 Å². The van der Waals surface area contributed by atoms with Gasteiger partial charge < -0.3 is 9.88 Å². The molecule has 2 heterocycles. The third kappa shape index (κ3) is 2.59. The van der Waals surface area contributed by atoms with E-state index in [4.69, 9.17) is 0 Å². The van der Waals surface area contributed by atoms with Crippen LogP contribution in [-0.2, 0) is 6.54 Å². The molecule has 0 atom stereocenters. The molecule has 1 aliphatic rings. The van der Waals surface area contributed by atoms with E-state index in [2.05, 4.69) is 26.8 Å². The smallest absolute Gasteiger partial charge is 0.161 e. The monoisotopic (exact) mass is 266 g/mol. The molecule has 0 radical (unpaired) electrons. The fraction of sp³-hybridized carbons (Fsp3) is 0.462. The number of nitrogens with one attached hydrogen (secondary N) is 1. The molecule has 1 aliphatic heterocycles. The van der Waals surface area contributed by atoms with Crippen LogP contribution in [0.2, 0.25) is 0 Å². The number of H-pyrrole nitrogens is 1. The van der Waals surface area contributed by atoms with Crippen molar-refractivity contribution >= 4 is 11.0 Å².